The van der Waals surface area contributed by atoms with E-state index in [1.807, 2.05) is 0 Å². The molecule has 0 spiro atoms. The molecule has 0 fully saturated rings. The van der Waals surface area contributed by atoms with Gasteiger partial charge in [-0.3, -0.25) is 4.79 Å². The van der Waals surface area contributed by atoms with Crippen molar-refractivity contribution >= 4 is 29.1 Å². The Balaban J connectivity index is 2.07. The van der Waals surface area contributed by atoms with Gasteiger partial charge in [-0.1, -0.05) is 11.2 Å². The second-order valence-electron chi connectivity index (χ2n) is 5.85. The molecule has 1 aliphatic heterocycles. The lowest BCUT2D eigenvalue weighted by Crippen LogP contribution is -2.47. The van der Waals surface area contributed by atoms with Crippen molar-refractivity contribution in [2.75, 3.05) is 12.4 Å². The Hall–Kier alpha value is -2.81. The molecule has 0 radical (unpaired) electrons. The molecule has 3 rings (SSSR count). The maximum atomic E-state index is 14.3. The van der Waals surface area contributed by atoms with Crippen molar-refractivity contribution in [2.24, 2.45) is 0 Å². The number of thiocarbonyl (C=S) groups is 1. The van der Waals surface area contributed by atoms with Crippen molar-refractivity contribution in [2.45, 2.75) is 19.9 Å². The molecule has 1 aromatic carbocycles. The molecule has 6 nitrogen and oxygen atoms in total. The summed E-state index contributed by atoms with van der Waals surface area (Å²) in [6, 6.07) is 3.99. The van der Waals surface area contributed by atoms with Crippen molar-refractivity contribution in [3.8, 4) is 0 Å². The van der Waals surface area contributed by atoms with Gasteiger partial charge in [0.05, 0.1) is 17.2 Å². The van der Waals surface area contributed by atoms with E-state index in [4.69, 9.17) is 16.7 Å². The quantitative estimate of drug-likeness (QED) is 0.800. The van der Waals surface area contributed by atoms with Gasteiger partial charge in [-0.2, -0.15) is 0 Å². The molecule has 136 valence electrons. The molecule has 1 amide bonds. The minimum atomic E-state index is -1.08. The molecule has 2 N–H and O–H groups in total. The fourth-order valence-corrected chi connectivity index (χ4v) is 3.00. The summed E-state index contributed by atoms with van der Waals surface area (Å²) >= 11 is 5.22. The highest BCUT2D eigenvalue weighted by Crippen LogP contribution is 2.33. The van der Waals surface area contributed by atoms with Gasteiger partial charge in [0.15, 0.2) is 10.9 Å². The van der Waals surface area contributed by atoms with E-state index >= 15 is 0 Å². The zero-order valence-electron chi connectivity index (χ0n) is 14.3. The Bertz CT molecular complexity index is 905. The Morgan fingerprint density at radius 1 is 1.35 bits per heavy atom. The molecule has 0 saturated carbocycles. The van der Waals surface area contributed by atoms with Gasteiger partial charge in [0.2, 0.25) is 0 Å². The molecule has 0 bridgehead atoms. The molecule has 0 unspecified atom stereocenters. The molecular formula is C17H16F2N4O2S. The monoisotopic (exact) mass is 378 g/mol. The first-order chi connectivity index (χ1) is 12.3. The summed E-state index contributed by atoms with van der Waals surface area (Å²) in [6.45, 7) is 3.33. The third kappa shape index (κ3) is 3.17. The Kier molecular flexibility index (Phi) is 4.73. The number of hydrogen-bond acceptors (Lipinski definition) is 4. The number of allylic oxidation sites excluding steroid dienone is 1. The number of rotatable bonds is 3. The van der Waals surface area contributed by atoms with E-state index in [0.717, 1.165) is 12.1 Å². The lowest BCUT2D eigenvalue weighted by Gasteiger charge is -2.35. The van der Waals surface area contributed by atoms with Gasteiger partial charge in [-0.05, 0) is 38.2 Å². The summed E-state index contributed by atoms with van der Waals surface area (Å²) in [5.74, 6) is -1.39. The molecule has 26 heavy (non-hydrogen) atoms. The maximum absolute atomic E-state index is 14.3. The first kappa shape index (κ1) is 18.0. The van der Waals surface area contributed by atoms with Crippen molar-refractivity contribution in [3.63, 3.8) is 0 Å². The minimum absolute atomic E-state index is 0.130. The SMILES string of the molecule is CC1=C(C(=O)Nc2cc(C)on2)[C@H](c2c(F)cccc2F)NC(=S)N1C. The van der Waals surface area contributed by atoms with Crippen LogP contribution in [0, 0.1) is 18.6 Å². The molecule has 9 heteroatoms. The van der Waals surface area contributed by atoms with Gasteiger partial charge < -0.3 is 20.1 Å². The van der Waals surface area contributed by atoms with Crippen LogP contribution in [0.25, 0.3) is 0 Å². The van der Waals surface area contributed by atoms with Crippen LogP contribution in [0.1, 0.15) is 24.3 Å². The number of aryl methyl sites for hydroxylation is 1. The van der Waals surface area contributed by atoms with Gasteiger partial charge in [0.1, 0.15) is 17.4 Å². The number of nitrogens with one attached hydrogen (secondary N) is 2. The molecule has 2 heterocycles. The second-order valence-corrected chi connectivity index (χ2v) is 6.24. The van der Waals surface area contributed by atoms with Crippen LogP contribution in [-0.4, -0.2) is 28.1 Å². The fraction of sp³-hybridized carbons (Fsp3) is 0.235. The minimum Gasteiger partial charge on any atom is -0.360 e. The smallest absolute Gasteiger partial charge is 0.257 e. The van der Waals surface area contributed by atoms with Crippen molar-refractivity contribution in [3.05, 3.63) is 58.5 Å². The third-order valence-electron chi connectivity index (χ3n) is 4.16. The Labute approximate surface area is 153 Å². The average molecular weight is 378 g/mol. The van der Waals surface area contributed by atoms with Crippen molar-refractivity contribution < 1.29 is 18.1 Å². The van der Waals surface area contributed by atoms with E-state index in [9.17, 15) is 13.6 Å². The zero-order chi connectivity index (χ0) is 19.0. The molecule has 0 saturated heterocycles. The Morgan fingerprint density at radius 2 is 2.00 bits per heavy atom. The standard InChI is InChI=1S/C17H16F2N4O2S/c1-8-7-12(22-25-8)20-16(24)13-9(2)23(3)17(26)21-15(13)14-10(18)5-4-6-11(14)19/h4-7,15H,1-3H3,(H,21,26)(H,20,22,24)/t15-/m1/s1. The van der Waals surface area contributed by atoms with Crippen LogP contribution in [-0.2, 0) is 4.79 Å². The van der Waals surface area contributed by atoms with Crippen LogP contribution >= 0.6 is 12.2 Å². The van der Waals surface area contributed by atoms with Crippen molar-refractivity contribution in [1.82, 2.24) is 15.4 Å². The number of anilines is 1. The number of carbonyl (C=O) groups excluding carboxylic acids is 1. The van der Waals surface area contributed by atoms with E-state index in [1.54, 1.807) is 25.8 Å². The van der Waals surface area contributed by atoms with Gasteiger partial charge in [0, 0.05) is 18.8 Å². The van der Waals surface area contributed by atoms with E-state index < -0.39 is 23.6 Å². The van der Waals surface area contributed by atoms with Gasteiger partial charge >= 0.3 is 0 Å². The lowest BCUT2D eigenvalue weighted by molar-refractivity contribution is -0.113. The molecule has 1 aromatic heterocycles. The number of halogens is 2. The fourth-order valence-electron chi connectivity index (χ4n) is 2.74. The van der Waals surface area contributed by atoms with Gasteiger partial charge in [-0.25, -0.2) is 8.78 Å². The summed E-state index contributed by atoms with van der Waals surface area (Å²) in [7, 11) is 1.66. The Morgan fingerprint density at radius 3 is 2.58 bits per heavy atom. The van der Waals surface area contributed by atoms with Crippen LogP contribution in [0.2, 0.25) is 0 Å². The van der Waals surface area contributed by atoms with Crippen LogP contribution in [0.3, 0.4) is 0 Å². The third-order valence-corrected chi connectivity index (χ3v) is 4.55. The molecule has 0 aliphatic carbocycles. The maximum Gasteiger partial charge on any atom is 0.257 e. The number of aromatic nitrogens is 1. The highest BCUT2D eigenvalue weighted by molar-refractivity contribution is 7.80. The first-order valence-electron chi connectivity index (χ1n) is 7.73. The van der Waals surface area contributed by atoms with Crippen LogP contribution in [0.4, 0.5) is 14.6 Å². The summed E-state index contributed by atoms with van der Waals surface area (Å²) in [5.41, 5.74) is 0.327. The number of nitrogens with zero attached hydrogens (tertiary/aromatic N) is 2. The predicted octanol–water partition coefficient (Wildman–Crippen LogP) is 3.03. The van der Waals surface area contributed by atoms with Crippen LogP contribution in [0.15, 0.2) is 40.1 Å². The number of carbonyl (C=O) groups is 1. The summed E-state index contributed by atoms with van der Waals surface area (Å²) in [4.78, 5) is 14.4. The van der Waals surface area contributed by atoms with Crippen LogP contribution < -0.4 is 10.6 Å². The van der Waals surface area contributed by atoms with Gasteiger partial charge in [-0.15, -0.1) is 0 Å². The summed E-state index contributed by atoms with van der Waals surface area (Å²) in [5, 5.41) is 9.37. The molecule has 1 aliphatic rings. The molecular weight excluding hydrogens is 362 g/mol. The van der Waals surface area contributed by atoms with E-state index in [0.29, 0.717) is 11.5 Å². The van der Waals surface area contributed by atoms with Crippen molar-refractivity contribution in [1.29, 1.82) is 0 Å². The lowest BCUT2D eigenvalue weighted by atomic mass is 9.93. The average Bonchev–Trinajstić information content (AvgIpc) is 2.97. The summed E-state index contributed by atoms with van der Waals surface area (Å²) < 4.78 is 33.6. The summed E-state index contributed by atoms with van der Waals surface area (Å²) in [6.07, 6.45) is 0. The zero-order valence-corrected chi connectivity index (χ0v) is 15.1. The highest BCUT2D eigenvalue weighted by atomic mass is 32.1. The first-order valence-corrected chi connectivity index (χ1v) is 8.14. The van der Waals surface area contributed by atoms with E-state index in [1.165, 1.54) is 12.1 Å². The topological polar surface area (TPSA) is 70.4 Å². The van der Waals surface area contributed by atoms with Crippen LogP contribution in [0.5, 0.6) is 0 Å². The molecule has 2 aromatic rings. The van der Waals surface area contributed by atoms with E-state index in [2.05, 4.69) is 15.8 Å². The molecule has 1 atom stereocenters. The normalized spacial score (nSPS) is 17.3. The number of benzene rings is 1. The van der Waals surface area contributed by atoms with Gasteiger partial charge in [0.25, 0.3) is 5.91 Å². The highest BCUT2D eigenvalue weighted by Gasteiger charge is 2.35. The predicted molar refractivity (Wildman–Crippen MR) is 95.2 cm³/mol. The number of hydrogen-bond donors (Lipinski definition) is 2. The van der Waals surface area contributed by atoms with E-state index in [-0.39, 0.29) is 22.1 Å². The second kappa shape index (κ2) is 6.83. The largest absolute Gasteiger partial charge is 0.360 e. The number of amides is 1.